The average molecular weight is 470 g/mol. The summed E-state index contributed by atoms with van der Waals surface area (Å²) in [5.41, 5.74) is 3.24. The lowest BCUT2D eigenvalue weighted by molar-refractivity contribution is -0.127. The highest BCUT2D eigenvalue weighted by atomic mass is 79.9. The smallest absolute Gasteiger partial charge is 0.280 e. The second-order valence-corrected chi connectivity index (χ2v) is 6.81. The highest BCUT2D eigenvalue weighted by Crippen LogP contribution is 2.25. The van der Waals surface area contributed by atoms with E-state index in [0.717, 1.165) is 14.5 Å². The molecule has 132 valence electrons. The van der Waals surface area contributed by atoms with Gasteiger partial charge in [-0.2, -0.15) is 5.10 Å². The van der Waals surface area contributed by atoms with Crippen molar-refractivity contribution in [2.75, 3.05) is 6.61 Å². The Kier molecular flexibility index (Phi) is 7.46. The summed E-state index contributed by atoms with van der Waals surface area (Å²) < 4.78 is 12.8. The molecular weight excluding hydrogens is 452 g/mol. The van der Waals surface area contributed by atoms with Crippen LogP contribution in [0.2, 0.25) is 0 Å². The summed E-state index contributed by atoms with van der Waals surface area (Å²) in [4.78, 5) is 12.1. The van der Waals surface area contributed by atoms with E-state index in [1.807, 2.05) is 43.3 Å². The molecule has 0 fully saturated rings. The first-order chi connectivity index (χ1) is 12.0. The molecule has 1 N–H and O–H groups in total. The summed E-state index contributed by atoms with van der Waals surface area (Å²) >= 11 is 6.79. The Labute approximate surface area is 163 Å². The monoisotopic (exact) mass is 468 g/mol. The predicted molar refractivity (Wildman–Crippen MR) is 105 cm³/mol. The minimum atomic E-state index is -0.690. The normalized spacial score (nSPS) is 12.0. The lowest BCUT2D eigenvalue weighted by Gasteiger charge is -2.14. The first-order valence-corrected chi connectivity index (χ1v) is 9.26. The Morgan fingerprint density at radius 1 is 1.24 bits per heavy atom. The Balaban J connectivity index is 1.98. The van der Waals surface area contributed by atoms with Crippen molar-refractivity contribution in [1.29, 1.82) is 0 Å². The second-order valence-electron chi connectivity index (χ2n) is 5.04. The van der Waals surface area contributed by atoms with Gasteiger partial charge in [0, 0.05) is 10.0 Å². The summed E-state index contributed by atoms with van der Waals surface area (Å²) in [5, 5.41) is 3.99. The number of amides is 1. The van der Waals surface area contributed by atoms with Crippen molar-refractivity contribution >= 4 is 44.0 Å². The minimum Gasteiger partial charge on any atom is -0.493 e. The first-order valence-electron chi connectivity index (χ1n) is 7.67. The van der Waals surface area contributed by atoms with Gasteiger partial charge in [-0.15, -0.1) is 0 Å². The van der Waals surface area contributed by atoms with Crippen LogP contribution in [0.4, 0.5) is 0 Å². The van der Waals surface area contributed by atoms with Crippen molar-refractivity contribution in [3.63, 3.8) is 0 Å². The number of halogens is 2. The number of carbonyl (C=O) groups excluding carboxylic acids is 1. The van der Waals surface area contributed by atoms with Crippen LogP contribution >= 0.6 is 31.9 Å². The maximum absolute atomic E-state index is 12.1. The van der Waals surface area contributed by atoms with Crippen LogP contribution in [-0.2, 0) is 4.79 Å². The quantitative estimate of drug-likeness (QED) is 0.478. The van der Waals surface area contributed by atoms with E-state index in [0.29, 0.717) is 18.1 Å². The number of ether oxygens (including phenoxy) is 2. The molecule has 0 aliphatic heterocycles. The van der Waals surface area contributed by atoms with Crippen LogP contribution in [0.3, 0.4) is 0 Å². The highest BCUT2D eigenvalue weighted by Gasteiger charge is 2.15. The summed E-state index contributed by atoms with van der Waals surface area (Å²) in [5.74, 6) is 0.945. The van der Waals surface area contributed by atoms with Crippen LogP contribution in [0, 0.1) is 0 Å². The highest BCUT2D eigenvalue weighted by molar-refractivity contribution is 9.10. The standard InChI is InChI=1S/C18H18Br2N2O3/c1-3-24-16-9-8-14(19)10-13(16)11-21-22-18(23)12(2)25-17-7-5-4-6-15(17)20/h4-12H,3H2,1-2H3,(H,22,23)/b21-11+. The molecule has 5 nitrogen and oxygen atoms in total. The third-order valence-electron chi connectivity index (χ3n) is 3.16. The fraction of sp³-hybridized carbons (Fsp3) is 0.222. The first kappa shape index (κ1) is 19.5. The van der Waals surface area contributed by atoms with Crippen molar-refractivity contribution in [1.82, 2.24) is 5.43 Å². The Morgan fingerprint density at radius 3 is 2.72 bits per heavy atom. The molecule has 0 aliphatic carbocycles. The Hall–Kier alpha value is -1.86. The summed E-state index contributed by atoms with van der Waals surface area (Å²) in [6, 6.07) is 12.9. The molecule has 1 atom stereocenters. The largest absolute Gasteiger partial charge is 0.493 e. The van der Waals surface area contributed by atoms with Gasteiger partial charge in [0.25, 0.3) is 5.91 Å². The molecule has 0 saturated heterocycles. The average Bonchev–Trinajstić information content (AvgIpc) is 2.59. The van der Waals surface area contributed by atoms with E-state index in [-0.39, 0.29) is 5.91 Å². The van der Waals surface area contributed by atoms with Gasteiger partial charge < -0.3 is 9.47 Å². The molecule has 2 aromatic rings. The SMILES string of the molecule is CCOc1ccc(Br)cc1/C=N/NC(=O)C(C)Oc1ccccc1Br. The summed E-state index contributed by atoms with van der Waals surface area (Å²) in [6.07, 6.45) is 0.850. The maximum atomic E-state index is 12.1. The van der Waals surface area contributed by atoms with Gasteiger partial charge in [-0.05, 0) is 60.1 Å². The van der Waals surface area contributed by atoms with Gasteiger partial charge in [-0.25, -0.2) is 5.43 Å². The molecule has 1 unspecified atom stereocenters. The van der Waals surface area contributed by atoms with Crippen molar-refractivity contribution in [3.8, 4) is 11.5 Å². The molecule has 0 saturated carbocycles. The van der Waals surface area contributed by atoms with Crippen LogP contribution < -0.4 is 14.9 Å². The van der Waals surface area contributed by atoms with E-state index in [9.17, 15) is 4.79 Å². The number of carbonyl (C=O) groups is 1. The van der Waals surface area contributed by atoms with E-state index < -0.39 is 6.10 Å². The number of nitrogens with one attached hydrogen (secondary N) is 1. The fourth-order valence-electron chi connectivity index (χ4n) is 1.95. The van der Waals surface area contributed by atoms with E-state index >= 15 is 0 Å². The Bertz CT molecular complexity index is 766. The van der Waals surface area contributed by atoms with Crippen molar-refractivity contribution in [2.45, 2.75) is 20.0 Å². The fourth-order valence-corrected chi connectivity index (χ4v) is 2.70. The van der Waals surface area contributed by atoms with Crippen LogP contribution in [0.25, 0.3) is 0 Å². The topological polar surface area (TPSA) is 59.9 Å². The van der Waals surface area contributed by atoms with E-state index in [1.54, 1.807) is 19.2 Å². The number of hydrogen-bond donors (Lipinski definition) is 1. The molecule has 0 aliphatic rings. The van der Waals surface area contributed by atoms with E-state index in [1.165, 1.54) is 0 Å². The predicted octanol–water partition coefficient (Wildman–Crippen LogP) is 4.53. The van der Waals surface area contributed by atoms with Gasteiger partial charge >= 0.3 is 0 Å². The van der Waals surface area contributed by atoms with Gasteiger partial charge in [0.1, 0.15) is 11.5 Å². The van der Waals surface area contributed by atoms with Crippen LogP contribution in [0.5, 0.6) is 11.5 Å². The molecule has 25 heavy (non-hydrogen) atoms. The Morgan fingerprint density at radius 2 is 2.00 bits per heavy atom. The van der Waals surface area contributed by atoms with Gasteiger partial charge in [0.05, 0.1) is 17.3 Å². The molecule has 0 spiro atoms. The van der Waals surface area contributed by atoms with Gasteiger partial charge in [-0.1, -0.05) is 28.1 Å². The van der Waals surface area contributed by atoms with E-state index in [4.69, 9.17) is 9.47 Å². The molecule has 7 heteroatoms. The number of nitrogens with zero attached hydrogens (tertiary/aromatic N) is 1. The molecule has 2 rings (SSSR count). The van der Waals surface area contributed by atoms with Crippen LogP contribution in [0.15, 0.2) is 56.5 Å². The summed E-state index contributed by atoms with van der Waals surface area (Å²) in [6.45, 7) is 4.12. The van der Waals surface area contributed by atoms with Gasteiger partial charge in [0.15, 0.2) is 6.10 Å². The molecular formula is C18H18Br2N2O3. The van der Waals surface area contributed by atoms with Crippen LogP contribution in [-0.4, -0.2) is 24.8 Å². The second kappa shape index (κ2) is 9.58. The van der Waals surface area contributed by atoms with E-state index in [2.05, 4.69) is 42.4 Å². The summed E-state index contributed by atoms with van der Waals surface area (Å²) in [7, 11) is 0. The number of hydrazone groups is 1. The van der Waals surface area contributed by atoms with Gasteiger partial charge in [-0.3, -0.25) is 4.79 Å². The molecule has 0 radical (unpaired) electrons. The number of para-hydroxylation sites is 1. The molecule has 2 aromatic carbocycles. The lowest BCUT2D eigenvalue weighted by Crippen LogP contribution is -2.33. The van der Waals surface area contributed by atoms with Crippen molar-refractivity contribution in [3.05, 3.63) is 57.0 Å². The zero-order valence-electron chi connectivity index (χ0n) is 13.8. The van der Waals surface area contributed by atoms with Gasteiger partial charge in [0.2, 0.25) is 0 Å². The number of hydrogen-bond acceptors (Lipinski definition) is 4. The van der Waals surface area contributed by atoms with Crippen molar-refractivity contribution in [2.24, 2.45) is 5.10 Å². The molecule has 0 bridgehead atoms. The number of benzene rings is 2. The molecule has 0 heterocycles. The third kappa shape index (κ3) is 5.86. The maximum Gasteiger partial charge on any atom is 0.280 e. The molecule has 0 aromatic heterocycles. The van der Waals surface area contributed by atoms with Crippen LogP contribution in [0.1, 0.15) is 19.4 Å². The zero-order chi connectivity index (χ0) is 18.2. The molecule has 1 amide bonds. The van der Waals surface area contributed by atoms with Crippen molar-refractivity contribution < 1.29 is 14.3 Å². The minimum absolute atomic E-state index is 0.347. The third-order valence-corrected chi connectivity index (χ3v) is 4.31. The zero-order valence-corrected chi connectivity index (χ0v) is 17.0. The lowest BCUT2D eigenvalue weighted by atomic mass is 10.2. The number of rotatable bonds is 7.